The van der Waals surface area contributed by atoms with Crippen LogP contribution in [0.4, 0.5) is 0 Å². The molecule has 0 radical (unpaired) electrons. The molecule has 2 aliphatic heterocycles. The largest absolute Gasteiger partial charge is 0.455 e. The van der Waals surface area contributed by atoms with E-state index in [1.54, 1.807) is 22.4 Å². The lowest BCUT2D eigenvalue weighted by molar-refractivity contribution is -0.156. The molecule has 0 aliphatic carbocycles. The second-order valence-electron chi connectivity index (χ2n) is 7.31. The van der Waals surface area contributed by atoms with Gasteiger partial charge in [-0.1, -0.05) is 13.0 Å². The van der Waals surface area contributed by atoms with E-state index in [0.717, 1.165) is 12.8 Å². The summed E-state index contributed by atoms with van der Waals surface area (Å²) in [6, 6.07) is 3.26. The third kappa shape index (κ3) is 4.89. The summed E-state index contributed by atoms with van der Waals surface area (Å²) >= 11 is 1.17. The Kier molecular flexibility index (Phi) is 6.54. The first-order valence-corrected chi connectivity index (χ1v) is 11.7. The molecular formula is C18H26N2O5S2. The molecule has 1 atom stereocenters. The van der Waals surface area contributed by atoms with Crippen molar-refractivity contribution in [3.8, 4) is 0 Å². The molecule has 7 nitrogen and oxygen atoms in total. The fourth-order valence-electron chi connectivity index (χ4n) is 3.49. The molecule has 1 amide bonds. The summed E-state index contributed by atoms with van der Waals surface area (Å²) in [5, 5.41) is 1.72. The van der Waals surface area contributed by atoms with Crippen molar-refractivity contribution >= 4 is 33.2 Å². The molecular weight excluding hydrogens is 388 g/mol. The Morgan fingerprint density at radius 1 is 1.22 bits per heavy atom. The normalized spacial score (nSPS) is 22.6. The van der Waals surface area contributed by atoms with E-state index in [0.29, 0.717) is 38.4 Å². The maximum atomic E-state index is 12.6. The van der Waals surface area contributed by atoms with E-state index in [-0.39, 0.29) is 23.3 Å². The number of esters is 1. The molecule has 0 spiro atoms. The predicted molar refractivity (Wildman–Crippen MR) is 102 cm³/mol. The molecule has 2 saturated heterocycles. The Bertz CT molecular complexity index is 755. The van der Waals surface area contributed by atoms with Gasteiger partial charge >= 0.3 is 5.97 Å². The summed E-state index contributed by atoms with van der Waals surface area (Å²) in [6.07, 6.45) is 3.11. The Labute approximate surface area is 164 Å². The topological polar surface area (TPSA) is 84.0 Å². The molecule has 1 aromatic rings. The van der Waals surface area contributed by atoms with Crippen molar-refractivity contribution < 1.29 is 22.7 Å². The molecule has 0 aromatic carbocycles. The second kappa shape index (κ2) is 8.70. The minimum atomic E-state index is -3.57. The second-order valence-corrected chi connectivity index (χ2v) is 10.4. The van der Waals surface area contributed by atoms with Gasteiger partial charge in [-0.25, -0.2) is 8.42 Å². The summed E-state index contributed by atoms with van der Waals surface area (Å²) in [5.41, 5.74) is 0. The quantitative estimate of drug-likeness (QED) is 0.688. The number of nitrogens with zero attached hydrogens (tertiary/aromatic N) is 2. The number of thiophene rings is 1. The van der Waals surface area contributed by atoms with Crippen LogP contribution in [-0.2, 0) is 24.3 Å². The number of carbonyl (C=O) groups excluding carboxylic acids is 2. The highest BCUT2D eigenvalue weighted by molar-refractivity contribution is 7.91. The number of carbonyl (C=O) groups is 2. The molecule has 150 valence electrons. The van der Waals surface area contributed by atoms with Gasteiger partial charge in [0.1, 0.15) is 4.21 Å². The van der Waals surface area contributed by atoms with Gasteiger partial charge in [0.25, 0.3) is 15.9 Å². The highest BCUT2D eigenvalue weighted by Gasteiger charge is 2.35. The minimum Gasteiger partial charge on any atom is -0.455 e. The minimum absolute atomic E-state index is 0.106. The van der Waals surface area contributed by atoms with Gasteiger partial charge in [-0.2, -0.15) is 4.31 Å². The lowest BCUT2D eigenvalue weighted by atomic mass is 9.99. The van der Waals surface area contributed by atoms with E-state index in [9.17, 15) is 18.0 Å². The number of ether oxygens (including phenoxy) is 1. The number of rotatable bonds is 5. The third-order valence-corrected chi connectivity index (χ3v) is 8.52. The lowest BCUT2D eigenvalue weighted by Gasteiger charge is -2.31. The van der Waals surface area contributed by atoms with Crippen LogP contribution >= 0.6 is 11.3 Å². The molecule has 3 rings (SSSR count). The summed E-state index contributed by atoms with van der Waals surface area (Å²) in [6.45, 7) is 3.81. The van der Waals surface area contributed by atoms with Crippen molar-refractivity contribution in [3.63, 3.8) is 0 Å². The van der Waals surface area contributed by atoms with Crippen LogP contribution in [0.1, 0.15) is 32.6 Å². The SMILES string of the molecule is CC1CCN(C(=O)COC(=O)C2CCCN(S(=O)(=O)c3cccs3)C2)CC1. The average molecular weight is 415 g/mol. The first-order chi connectivity index (χ1) is 12.9. The van der Waals surface area contributed by atoms with E-state index in [4.69, 9.17) is 4.74 Å². The fourth-order valence-corrected chi connectivity index (χ4v) is 6.16. The van der Waals surface area contributed by atoms with E-state index in [1.165, 1.54) is 15.6 Å². The van der Waals surface area contributed by atoms with E-state index in [1.807, 2.05) is 0 Å². The van der Waals surface area contributed by atoms with E-state index < -0.39 is 21.9 Å². The van der Waals surface area contributed by atoms with Crippen LogP contribution in [-0.4, -0.2) is 62.3 Å². The van der Waals surface area contributed by atoms with Crippen LogP contribution in [0.5, 0.6) is 0 Å². The summed E-state index contributed by atoms with van der Waals surface area (Å²) in [5.74, 6) is -0.563. The smallest absolute Gasteiger partial charge is 0.310 e. The van der Waals surface area contributed by atoms with Crippen LogP contribution < -0.4 is 0 Å². The number of hydrogen-bond acceptors (Lipinski definition) is 6. The molecule has 9 heteroatoms. The third-order valence-electron chi connectivity index (χ3n) is 5.28. The highest BCUT2D eigenvalue weighted by atomic mass is 32.2. The van der Waals surface area contributed by atoms with Crippen LogP contribution in [0.3, 0.4) is 0 Å². The van der Waals surface area contributed by atoms with Crippen LogP contribution in [0.15, 0.2) is 21.7 Å². The zero-order valence-corrected chi connectivity index (χ0v) is 17.1. The molecule has 0 bridgehead atoms. The number of likely N-dealkylation sites (tertiary alicyclic amines) is 1. The molecule has 1 aromatic heterocycles. The fraction of sp³-hybridized carbons (Fsp3) is 0.667. The molecule has 1 unspecified atom stereocenters. The van der Waals surface area contributed by atoms with E-state index in [2.05, 4.69) is 6.92 Å². The van der Waals surface area contributed by atoms with Crippen LogP contribution in [0, 0.1) is 11.8 Å². The number of piperidine rings is 2. The molecule has 0 saturated carbocycles. The molecule has 3 heterocycles. The molecule has 0 N–H and O–H groups in total. The van der Waals surface area contributed by atoms with Crippen molar-refractivity contribution in [2.75, 3.05) is 32.8 Å². The van der Waals surface area contributed by atoms with Gasteiger partial charge in [0.2, 0.25) is 0 Å². The maximum Gasteiger partial charge on any atom is 0.310 e. The van der Waals surface area contributed by atoms with Gasteiger partial charge in [0, 0.05) is 26.2 Å². The van der Waals surface area contributed by atoms with Crippen molar-refractivity contribution in [1.82, 2.24) is 9.21 Å². The van der Waals surface area contributed by atoms with Crippen molar-refractivity contribution in [3.05, 3.63) is 17.5 Å². The Morgan fingerprint density at radius 3 is 2.63 bits per heavy atom. The maximum absolute atomic E-state index is 12.6. The van der Waals surface area contributed by atoms with Gasteiger partial charge in [-0.3, -0.25) is 9.59 Å². The number of sulfonamides is 1. The Hall–Kier alpha value is -1.45. The van der Waals surface area contributed by atoms with Gasteiger partial charge < -0.3 is 9.64 Å². The van der Waals surface area contributed by atoms with Crippen molar-refractivity contribution in [2.45, 2.75) is 36.8 Å². The van der Waals surface area contributed by atoms with Gasteiger partial charge in [0.05, 0.1) is 5.92 Å². The molecule has 2 fully saturated rings. The van der Waals surface area contributed by atoms with Gasteiger partial charge in [-0.15, -0.1) is 11.3 Å². The monoisotopic (exact) mass is 414 g/mol. The predicted octanol–water partition coefficient (Wildman–Crippen LogP) is 1.95. The summed E-state index contributed by atoms with van der Waals surface area (Å²) in [7, 11) is -3.57. The number of amides is 1. The van der Waals surface area contributed by atoms with E-state index >= 15 is 0 Å². The first kappa shape index (κ1) is 20.3. The van der Waals surface area contributed by atoms with Crippen LogP contribution in [0.2, 0.25) is 0 Å². The lowest BCUT2D eigenvalue weighted by Crippen LogP contribution is -2.44. The molecule has 2 aliphatic rings. The average Bonchev–Trinajstić information content (AvgIpc) is 3.22. The summed E-state index contributed by atoms with van der Waals surface area (Å²) < 4.78 is 32.1. The van der Waals surface area contributed by atoms with Crippen molar-refractivity contribution in [1.29, 1.82) is 0 Å². The Balaban J connectivity index is 1.52. The van der Waals surface area contributed by atoms with Gasteiger partial charge in [0.15, 0.2) is 6.61 Å². The zero-order valence-electron chi connectivity index (χ0n) is 15.5. The highest BCUT2D eigenvalue weighted by Crippen LogP contribution is 2.27. The number of hydrogen-bond donors (Lipinski definition) is 0. The summed E-state index contributed by atoms with van der Waals surface area (Å²) in [4.78, 5) is 26.3. The van der Waals surface area contributed by atoms with Crippen molar-refractivity contribution in [2.24, 2.45) is 11.8 Å². The van der Waals surface area contributed by atoms with Gasteiger partial charge in [-0.05, 0) is 43.0 Å². The molecule has 27 heavy (non-hydrogen) atoms. The first-order valence-electron chi connectivity index (χ1n) is 9.36. The standard InChI is InChI=1S/C18H26N2O5S2/c1-14-6-9-19(10-7-14)16(21)13-25-18(22)15-4-2-8-20(12-15)27(23,24)17-5-3-11-26-17/h3,5,11,14-15H,2,4,6-10,12-13H2,1H3. The zero-order chi connectivity index (χ0) is 19.4. The van der Waals surface area contributed by atoms with Crippen LogP contribution in [0.25, 0.3) is 0 Å². The Morgan fingerprint density at radius 2 is 1.96 bits per heavy atom.